The van der Waals surface area contributed by atoms with Crippen molar-refractivity contribution >= 4 is 20.7 Å². The van der Waals surface area contributed by atoms with Crippen LogP contribution in [0.15, 0.2) is 32.9 Å². The van der Waals surface area contributed by atoms with Crippen LogP contribution in [0.3, 0.4) is 0 Å². The molecule has 106 valence electrons. The zero-order chi connectivity index (χ0) is 14.1. The van der Waals surface area contributed by atoms with Gasteiger partial charge in [0.15, 0.2) is 0 Å². The third-order valence-corrected chi connectivity index (χ3v) is 7.68. The molecule has 3 nitrogen and oxygen atoms in total. The summed E-state index contributed by atoms with van der Waals surface area (Å²) in [6.07, 6.45) is 2.24. The van der Waals surface area contributed by atoms with E-state index in [9.17, 15) is 8.42 Å². The molecule has 1 aliphatic heterocycles. The van der Waals surface area contributed by atoms with Gasteiger partial charge in [-0.2, -0.15) is 8.42 Å². The number of rotatable bonds is 2. The molecule has 1 aromatic rings. The molecule has 0 spiro atoms. The Labute approximate surface area is 118 Å². The Balaban J connectivity index is 2.28. The highest BCUT2D eigenvalue weighted by Gasteiger charge is 2.26. The summed E-state index contributed by atoms with van der Waals surface area (Å²) < 4.78 is 28.7. The van der Waals surface area contributed by atoms with Gasteiger partial charge in [0.2, 0.25) is 0 Å². The van der Waals surface area contributed by atoms with E-state index >= 15 is 0 Å². The molecule has 5 heteroatoms. The minimum absolute atomic E-state index is 0.216. The molecule has 0 aliphatic carbocycles. The topological polar surface area (TPSA) is 46.5 Å². The largest absolute Gasteiger partial charge is 0.287 e. The second-order valence-corrected chi connectivity index (χ2v) is 9.58. The molecule has 0 bridgehead atoms. The number of hydrogen-bond acceptors (Lipinski definition) is 2. The fourth-order valence-electron chi connectivity index (χ4n) is 2.27. The smallest absolute Gasteiger partial charge is 0.199 e. The molecule has 0 radical (unpaired) electrons. The number of sulfonamides is 1. The van der Waals surface area contributed by atoms with E-state index in [0.717, 1.165) is 29.9 Å². The van der Waals surface area contributed by atoms with Crippen molar-refractivity contribution in [1.29, 1.82) is 0 Å². The average molecular weight is 299 g/mol. The first kappa shape index (κ1) is 14.7. The van der Waals surface area contributed by atoms with Crippen LogP contribution >= 0.6 is 0 Å². The van der Waals surface area contributed by atoms with Crippen LogP contribution in [0, 0.1) is 12.3 Å². The van der Waals surface area contributed by atoms with Crippen LogP contribution in [-0.2, 0) is 20.7 Å². The van der Waals surface area contributed by atoms with E-state index in [1.807, 2.05) is 19.1 Å². The Kier molecular flexibility index (Phi) is 4.16. The van der Waals surface area contributed by atoms with E-state index in [0.29, 0.717) is 4.90 Å². The molecule has 1 atom stereocenters. The summed E-state index contributed by atoms with van der Waals surface area (Å²) in [6, 6.07) is 6.92. The van der Waals surface area contributed by atoms with Gasteiger partial charge in [0, 0.05) is 11.5 Å². The van der Waals surface area contributed by atoms with Gasteiger partial charge in [0.1, 0.15) is 0 Å². The summed E-state index contributed by atoms with van der Waals surface area (Å²) in [6.45, 7) is 6.33. The van der Waals surface area contributed by atoms with Crippen LogP contribution < -0.4 is 0 Å². The number of hydrogen-bond donors (Lipinski definition) is 0. The van der Waals surface area contributed by atoms with Crippen molar-refractivity contribution in [2.24, 2.45) is 9.18 Å². The number of aryl methyl sites for hydroxylation is 1. The minimum Gasteiger partial charge on any atom is -0.199 e. The Morgan fingerprint density at radius 2 is 1.84 bits per heavy atom. The van der Waals surface area contributed by atoms with Crippen LogP contribution in [0.5, 0.6) is 0 Å². The lowest BCUT2D eigenvalue weighted by atomic mass is 9.90. The number of nitrogens with zero attached hydrogens (tertiary/aromatic N) is 1. The lowest BCUT2D eigenvalue weighted by molar-refractivity contribution is 0.372. The van der Waals surface area contributed by atoms with Crippen molar-refractivity contribution in [1.82, 2.24) is 0 Å². The zero-order valence-electron chi connectivity index (χ0n) is 11.7. The summed E-state index contributed by atoms with van der Waals surface area (Å²) >= 11 is 0. The van der Waals surface area contributed by atoms with Crippen molar-refractivity contribution < 1.29 is 8.42 Å². The molecule has 2 rings (SSSR count). The third-order valence-electron chi connectivity index (χ3n) is 3.31. The highest BCUT2D eigenvalue weighted by Crippen LogP contribution is 2.30. The normalized spacial score (nSPS) is 23.4. The van der Waals surface area contributed by atoms with Crippen LogP contribution in [0.25, 0.3) is 0 Å². The van der Waals surface area contributed by atoms with Gasteiger partial charge < -0.3 is 0 Å². The predicted octanol–water partition coefficient (Wildman–Crippen LogP) is 3.31. The second kappa shape index (κ2) is 5.37. The SMILES string of the molecule is Cc1ccc(S(=O)(=O)N=S2CCCC(C)(C)C2)cc1. The third kappa shape index (κ3) is 3.89. The lowest BCUT2D eigenvalue weighted by Gasteiger charge is -2.30. The van der Waals surface area contributed by atoms with E-state index in [2.05, 4.69) is 17.6 Å². The summed E-state index contributed by atoms with van der Waals surface area (Å²) in [7, 11) is -3.84. The molecule has 1 aliphatic rings. The first-order valence-corrected chi connectivity index (χ1v) is 9.47. The second-order valence-electron chi connectivity index (χ2n) is 5.94. The van der Waals surface area contributed by atoms with Crippen LogP contribution in [-0.4, -0.2) is 19.9 Å². The van der Waals surface area contributed by atoms with Crippen molar-refractivity contribution in [3.05, 3.63) is 29.8 Å². The van der Waals surface area contributed by atoms with Gasteiger partial charge in [-0.1, -0.05) is 42.2 Å². The zero-order valence-corrected chi connectivity index (χ0v) is 13.4. The Hall–Kier alpha value is -0.680. The molecule has 1 aromatic carbocycles. The lowest BCUT2D eigenvalue weighted by Crippen LogP contribution is -2.27. The Morgan fingerprint density at radius 3 is 2.42 bits per heavy atom. The van der Waals surface area contributed by atoms with Crippen molar-refractivity contribution in [2.45, 2.75) is 38.5 Å². The van der Waals surface area contributed by atoms with Gasteiger partial charge in [0.25, 0.3) is 10.0 Å². The average Bonchev–Trinajstić information content (AvgIpc) is 2.27. The maximum absolute atomic E-state index is 12.3. The van der Waals surface area contributed by atoms with Crippen LogP contribution in [0.4, 0.5) is 0 Å². The molecule has 0 N–H and O–H groups in total. The van der Waals surface area contributed by atoms with E-state index in [-0.39, 0.29) is 16.1 Å². The van der Waals surface area contributed by atoms with E-state index in [1.54, 1.807) is 12.1 Å². The predicted molar refractivity (Wildman–Crippen MR) is 80.9 cm³/mol. The standard InChI is InChI=1S/C14H21NO2S2/c1-12-5-7-13(8-6-12)19(16,17)15-18-10-4-9-14(2,3)11-18/h5-8H,4,9-11H2,1-3H3. The molecule has 0 amide bonds. The van der Waals surface area contributed by atoms with Gasteiger partial charge in [-0.3, -0.25) is 0 Å². The summed E-state index contributed by atoms with van der Waals surface area (Å²) in [5.74, 6) is 1.80. The van der Waals surface area contributed by atoms with Gasteiger partial charge in [-0.15, -0.1) is 3.77 Å². The Morgan fingerprint density at radius 1 is 1.21 bits per heavy atom. The van der Waals surface area contributed by atoms with Crippen molar-refractivity contribution in [3.63, 3.8) is 0 Å². The maximum atomic E-state index is 12.3. The molecule has 1 unspecified atom stereocenters. The van der Waals surface area contributed by atoms with E-state index < -0.39 is 10.0 Å². The van der Waals surface area contributed by atoms with Crippen LogP contribution in [0.2, 0.25) is 0 Å². The fraction of sp³-hybridized carbons (Fsp3) is 0.571. The molecular formula is C14H21NO2S2. The molecule has 19 heavy (non-hydrogen) atoms. The van der Waals surface area contributed by atoms with E-state index in [1.165, 1.54) is 0 Å². The minimum atomic E-state index is -3.49. The fourth-order valence-corrected chi connectivity index (χ4v) is 6.38. The van der Waals surface area contributed by atoms with Gasteiger partial charge in [-0.05, 0) is 37.3 Å². The summed E-state index contributed by atoms with van der Waals surface area (Å²) in [5.41, 5.74) is 1.27. The molecule has 1 fully saturated rings. The van der Waals surface area contributed by atoms with Gasteiger partial charge in [-0.25, -0.2) is 0 Å². The Bertz CT molecular complexity index is 586. The monoisotopic (exact) mass is 299 g/mol. The molecule has 0 saturated carbocycles. The van der Waals surface area contributed by atoms with Crippen LogP contribution in [0.1, 0.15) is 32.3 Å². The molecular weight excluding hydrogens is 278 g/mol. The van der Waals surface area contributed by atoms with Gasteiger partial charge >= 0.3 is 0 Å². The molecule has 1 heterocycles. The van der Waals surface area contributed by atoms with Gasteiger partial charge in [0.05, 0.1) is 4.90 Å². The van der Waals surface area contributed by atoms with E-state index in [4.69, 9.17) is 0 Å². The summed E-state index contributed by atoms with van der Waals surface area (Å²) in [5, 5.41) is 0. The maximum Gasteiger partial charge on any atom is 0.287 e. The van der Waals surface area contributed by atoms with Crippen molar-refractivity contribution in [2.75, 3.05) is 11.5 Å². The summed E-state index contributed by atoms with van der Waals surface area (Å²) in [4.78, 5) is 0.314. The quantitative estimate of drug-likeness (QED) is 0.841. The first-order valence-electron chi connectivity index (χ1n) is 6.51. The number of benzene rings is 1. The molecule has 0 aromatic heterocycles. The first-order chi connectivity index (χ1) is 8.78. The highest BCUT2D eigenvalue weighted by molar-refractivity contribution is 8.00. The molecule has 1 saturated heterocycles. The van der Waals surface area contributed by atoms with Crippen molar-refractivity contribution in [3.8, 4) is 0 Å². The highest BCUT2D eigenvalue weighted by atomic mass is 32.3.